The van der Waals surface area contributed by atoms with E-state index in [9.17, 15) is 4.79 Å². The Morgan fingerprint density at radius 3 is 2.86 bits per heavy atom. The molecule has 0 radical (unpaired) electrons. The Kier molecular flexibility index (Phi) is 3.83. The maximum atomic E-state index is 12.3. The predicted octanol–water partition coefficient (Wildman–Crippen LogP) is 3.55. The highest BCUT2D eigenvalue weighted by atomic mass is 32.1. The molecule has 0 aliphatic carbocycles. The largest absolute Gasteiger partial charge is 0.307 e. The number of hydrogen-bond donors (Lipinski definition) is 1. The summed E-state index contributed by atoms with van der Waals surface area (Å²) in [6, 6.07) is 13.4. The number of thiophene rings is 1. The van der Waals surface area contributed by atoms with Crippen molar-refractivity contribution >= 4 is 23.1 Å². The third-order valence-electron chi connectivity index (χ3n) is 3.23. The number of aryl methyl sites for hydroxylation is 1. The predicted molar refractivity (Wildman–Crippen MR) is 84.8 cm³/mol. The van der Waals surface area contributed by atoms with E-state index in [-0.39, 0.29) is 5.91 Å². The van der Waals surface area contributed by atoms with Gasteiger partial charge in [-0.25, -0.2) is 4.68 Å². The van der Waals surface area contributed by atoms with Crippen LogP contribution in [0.2, 0.25) is 0 Å². The molecule has 2 heterocycles. The number of carbonyl (C=O) groups is 1. The molecule has 3 aromatic rings. The van der Waals surface area contributed by atoms with Crippen LogP contribution in [0.25, 0.3) is 0 Å². The molecule has 21 heavy (non-hydrogen) atoms. The number of amides is 1. The van der Waals surface area contributed by atoms with Gasteiger partial charge in [0.15, 0.2) is 0 Å². The molecule has 0 bridgehead atoms. The van der Waals surface area contributed by atoms with Crippen molar-refractivity contribution in [3.05, 3.63) is 70.0 Å². The van der Waals surface area contributed by atoms with E-state index in [1.165, 1.54) is 4.88 Å². The van der Waals surface area contributed by atoms with Gasteiger partial charge in [0.1, 0.15) is 5.82 Å². The number of benzene rings is 1. The zero-order valence-electron chi connectivity index (χ0n) is 11.6. The van der Waals surface area contributed by atoms with Crippen LogP contribution in [0.1, 0.15) is 20.8 Å². The van der Waals surface area contributed by atoms with Gasteiger partial charge in [0.25, 0.3) is 5.91 Å². The second-order valence-electron chi connectivity index (χ2n) is 4.72. The Morgan fingerprint density at radius 2 is 2.10 bits per heavy atom. The Morgan fingerprint density at radius 1 is 1.24 bits per heavy atom. The molecule has 0 fully saturated rings. The van der Waals surface area contributed by atoms with E-state index >= 15 is 0 Å². The van der Waals surface area contributed by atoms with Crippen LogP contribution in [-0.2, 0) is 6.54 Å². The summed E-state index contributed by atoms with van der Waals surface area (Å²) in [6.07, 6.45) is 1.70. The van der Waals surface area contributed by atoms with Gasteiger partial charge in [-0.1, -0.05) is 24.3 Å². The van der Waals surface area contributed by atoms with Gasteiger partial charge < -0.3 is 5.32 Å². The fourth-order valence-corrected chi connectivity index (χ4v) is 2.81. The number of rotatable bonds is 4. The van der Waals surface area contributed by atoms with Crippen LogP contribution in [0.5, 0.6) is 0 Å². The van der Waals surface area contributed by atoms with Crippen molar-refractivity contribution in [1.29, 1.82) is 0 Å². The third kappa shape index (κ3) is 3.03. The lowest BCUT2D eigenvalue weighted by atomic mass is 10.1. The summed E-state index contributed by atoms with van der Waals surface area (Å²) in [7, 11) is 0. The van der Waals surface area contributed by atoms with Gasteiger partial charge in [-0.3, -0.25) is 4.79 Å². The van der Waals surface area contributed by atoms with Crippen molar-refractivity contribution in [2.45, 2.75) is 13.5 Å². The standard InChI is InChI=1S/C16H15N3OS/c1-12-5-2-3-7-14(12)16(20)18-15-8-9-17-19(15)11-13-6-4-10-21-13/h2-10H,11H2,1H3,(H,18,20). The van der Waals surface area contributed by atoms with Gasteiger partial charge in [-0.2, -0.15) is 5.10 Å². The van der Waals surface area contributed by atoms with E-state index < -0.39 is 0 Å². The third-order valence-corrected chi connectivity index (χ3v) is 4.09. The Labute approximate surface area is 127 Å². The van der Waals surface area contributed by atoms with Crippen LogP contribution in [0.4, 0.5) is 5.82 Å². The van der Waals surface area contributed by atoms with Crippen LogP contribution >= 0.6 is 11.3 Å². The minimum absolute atomic E-state index is 0.110. The maximum absolute atomic E-state index is 12.3. The smallest absolute Gasteiger partial charge is 0.257 e. The summed E-state index contributed by atoms with van der Waals surface area (Å²) >= 11 is 1.67. The average Bonchev–Trinajstić information content (AvgIpc) is 3.12. The van der Waals surface area contributed by atoms with Crippen LogP contribution in [0.3, 0.4) is 0 Å². The molecular formula is C16H15N3OS. The zero-order chi connectivity index (χ0) is 14.7. The number of carbonyl (C=O) groups excluding carboxylic acids is 1. The summed E-state index contributed by atoms with van der Waals surface area (Å²) in [6.45, 7) is 2.59. The van der Waals surface area contributed by atoms with Crippen molar-refractivity contribution in [2.24, 2.45) is 0 Å². The number of nitrogens with one attached hydrogen (secondary N) is 1. The first-order valence-corrected chi connectivity index (χ1v) is 7.53. The summed E-state index contributed by atoms with van der Waals surface area (Å²) in [5, 5.41) is 9.23. The van der Waals surface area contributed by atoms with Crippen molar-refractivity contribution < 1.29 is 4.79 Å². The molecular weight excluding hydrogens is 282 g/mol. The summed E-state index contributed by atoms with van der Waals surface area (Å²) in [5.74, 6) is 0.595. The fraction of sp³-hybridized carbons (Fsp3) is 0.125. The highest BCUT2D eigenvalue weighted by molar-refractivity contribution is 7.09. The first kappa shape index (κ1) is 13.6. The lowest BCUT2D eigenvalue weighted by Crippen LogP contribution is -2.16. The lowest BCUT2D eigenvalue weighted by Gasteiger charge is -2.09. The minimum Gasteiger partial charge on any atom is -0.307 e. The summed E-state index contributed by atoms with van der Waals surface area (Å²) in [4.78, 5) is 13.5. The van der Waals surface area contributed by atoms with E-state index in [2.05, 4.69) is 16.5 Å². The molecule has 3 rings (SSSR count). The quantitative estimate of drug-likeness (QED) is 0.800. The van der Waals surface area contributed by atoms with E-state index in [0.29, 0.717) is 17.9 Å². The normalized spacial score (nSPS) is 10.5. The Hall–Kier alpha value is -2.40. The molecule has 4 nitrogen and oxygen atoms in total. The fourth-order valence-electron chi connectivity index (χ4n) is 2.13. The Bertz CT molecular complexity index is 746. The average molecular weight is 297 g/mol. The van der Waals surface area contributed by atoms with Gasteiger partial charge in [0.05, 0.1) is 12.7 Å². The van der Waals surface area contributed by atoms with E-state index in [0.717, 1.165) is 5.56 Å². The molecule has 0 aliphatic heterocycles. The van der Waals surface area contributed by atoms with Crippen LogP contribution in [0.15, 0.2) is 54.0 Å². The monoisotopic (exact) mass is 297 g/mol. The Balaban J connectivity index is 1.78. The van der Waals surface area contributed by atoms with Crippen LogP contribution in [-0.4, -0.2) is 15.7 Å². The molecule has 0 atom stereocenters. The molecule has 1 aromatic carbocycles. The number of nitrogens with zero attached hydrogens (tertiary/aromatic N) is 2. The van der Waals surface area contributed by atoms with Crippen molar-refractivity contribution in [1.82, 2.24) is 9.78 Å². The van der Waals surface area contributed by atoms with E-state index in [1.54, 1.807) is 22.2 Å². The molecule has 2 aromatic heterocycles. The highest BCUT2D eigenvalue weighted by Crippen LogP contribution is 2.16. The summed E-state index contributed by atoms with van der Waals surface area (Å²) < 4.78 is 1.79. The number of aromatic nitrogens is 2. The highest BCUT2D eigenvalue weighted by Gasteiger charge is 2.11. The van der Waals surface area contributed by atoms with Gasteiger partial charge in [-0.15, -0.1) is 11.3 Å². The van der Waals surface area contributed by atoms with E-state index in [1.807, 2.05) is 48.7 Å². The molecule has 106 valence electrons. The van der Waals surface area contributed by atoms with Gasteiger partial charge in [0.2, 0.25) is 0 Å². The number of anilines is 1. The van der Waals surface area contributed by atoms with Crippen molar-refractivity contribution in [2.75, 3.05) is 5.32 Å². The SMILES string of the molecule is Cc1ccccc1C(=O)Nc1ccnn1Cc1cccs1. The molecule has 0 saturated carbocycles. The molecule has 5 heteroatoms. The van der Waals surface area contributed by atoms with Gasteiger partial charge in [0, 0.05) is 16.5 Å². The van der Waals surface area contributed by atoms with Gasteiger partial charge >= 0.3 is 0 Å². The van der Waals surface area contributed by atoms with Crippen molar-refractivity contribution in [3.63, 3.8) is 0 Å². The molecule has 0 spiro atoms. The van der Waals surface area contributed by atoms with Crippen LogP contribution < -0.4 is 5.32 Å². The molecule has 0 saturated heterocycles. The van der Waals surface area contributed by atoms with Crippen LogP contribution in [0, 0.1) is 6.92 Å². The summed E-state index contributed by atoms with van der Waals surface area (Å²) in [5.41, 5.74) is 1.64. The number of hydrogen-bond acceptors (Lipinski definition) is 3. The first-order chi connectivity index (χ1) is 10.2. The second-order valence-corrected chi connectivity index (χ2v) is 5.75. The van der Waals surface area contributed by atoms with E-state index in [4.69, 9.17) is 0 Å². The molecule has 1 N–H and O–H groups in total. The van der Waals surface area contributed by atoms with Crippen molar-refractivity contribution in [3.8, 4) is 0 Å². The maximum Gasteiger partial charge on any atom is 0.257 e. The zero-order valence-corrected chi connectivity index (χ0v) is 12.4. The second kappa shape index (κ2) is 5.93. The lowest BCUT2D eigenvalue weighted by molar-refractivity contribution is 0.102. The molecule has 0 aliphatic rings. The molecule has 0 unspecified atom stereocenters. The first-order valence-electron chi connectivity index (χ1n) is 6.65. The topological polar surface area (TPSA) is 46.9 Å². The minimum atomic E-state index is -0.110. The van der Waals surface area contributed by atoms with Gasteiger partial charge in [-0.05, 0) is 30.0 Å². The molecule has 1 amide bonds.